The molecule has 0 amide bonds. The van der Waals surface area contributed by atoms with Gasteiger partial charge in [-0.15, -0.1) is 0 Å². The van der Waals surface area contributed by atoms with E-state index in [0.29, 0.717) is 6.04 Å². The Morgan fingerprint density at radius 2 is 2.11 bits per heavy atom. The molecule has 1 fully saturated rings. The molecule has 1 heterocycles. The molecule has 3 heteroatoms. The highest BCUT2D eigenvalue weighted by Crippen LogP contribution is 2.12. The normalized spacial score (nSPS) is 20.2. The zero-order valence-electron chi connectivity index (χ0n) is 11.6. The van der Waals surface area contributed by atoms with E-state index in [1.807, 2.05) is 0 Å². The lowest BCUT2D eigenvalue weighted by atomic mass is 10.3. The van der Waals surface area contributed by atoms with Crippen molar-refractivity contribution in [3.63, 3.8) is 0 Å². The van der Waals surface area contributed by atoms with Crippen LogP contribution in [0.15, 0.2) is 30.3 Å². The zero-order valence-corrected chi connectivity index (χ0v) is 11.6. The molecule has 100 valence electrons. The predicted molar refractivity (Wildman–Crippen MR) is 78.2 cm³/mol. The van der Waals surface area contributed by atoms with Crippen LogP contribution in [0, 0.1) is 0 Å². The summed E-state index contributed by atoms with van der Waals surface area (Å²) < 4.78 is 0. The van der Waals surface area contributed by atoms with Crippen molar-refractivity contribution in [3.8, 4) is 0 Å². The monoisotopic (exact) mass is 247 g/mol. The molecule has 0 aromatic heterocycles. The highest BCUT2D eigenvalue weighted by atomic mass is 15.2. The van der Waals surface area contributed by atoms with Gasteiger partial charge in [0.05, 0.1) is 0 Å². The number of nitrogens with one attached hydrogen (secondary N) is 1. The van der Waals surface area contributed by atoms with Gasteiger partial charge < -0.3 is 15.1 Å². The topological polar surface area (TPSA) is 18.5 Å². The molecule has 0 radical (unpaired) electrons. The van der Waals surface area contributed by atoms with Crippen LogP contribution in [0.4, 0.5) is 5.69 Å². The summed E-state index contributed by atoms with van der Waals surface area (Å²) in [5, 5.41) is 3.37. The number of rotatable bonds is 6. The molecule has 1 N–H and O–H groups in total. The van der Waals surface area contributed by atoms with E-state index in [4.69, 9.17) is 0 Å². The van der Waals surface area contributed by atoms with Crippen LogP contribution in [0.3, 0.4) is 0 Å². The molecule has 0 saturated carbocycles. The first-order valence-corrected chi connectivity index (χ1v) is 6.95. The van der Waals surface area contributed by atoms with E-state index in [9.17, 15) is 0 Å². The Morgan fingerprint density at radius 3 is 2.78 bits per heavy atom. The number of hydrogen-bond donors (Lipinski definition) is 1. The third kappa shape index (κ3) is 3.72. The number of likely N-dealkylation sites (tertiary alicyclic amines) is 1. The van der Waals surface area contributed by atoms with Gasteiger partial charge in [0.15, 0.2) is 0 Å². The summed E-state index contributed by atoms with van der Waals surface area (Å²) >= 11 is 0. The van der Waals surface area contributed by atoms with Crippen LogP contribution in [0.25, 0.3) is 0 Å². The molecule has 1 saturated heterocycles. The number of benzene rings is 1. The minimum atomic E-state index is 0.705. The van der Waals surface area contributed by atoms with Gasteiger partial charge in [-0.3, -0.25) is 0 Å². The summed E-state index contributed by atoms with van der Waals surface area (Å²) in [6.45, 7) is 4.81. The standard InChI is InChI=1S/C15H25N3/c1-16-14-9-12-18(13-14)11-6-10-17(2)15-7-4-3-5-8-15/h3-5,7-8,14,16H,6,9-13H2,1-2H3. The van der Waals surface area contributed by atoms with E-state index in [0.717, 1.165) is 6.54 Å². The molecule has 1 atom stereocenters. The van der Waals surface area contributed by atoms with E-state index in [1.54, 1.807) is 0 Å². The Labute approximate surface area is 111 Å². The zero-order chi connectivity index (χ0) is 12.8. The van der Waals surface area contributed by atoms with Crippen molar-refractivity contribution < 1.29 is 0 Å². The van der Waals surface area contributed by atoms with Gasteiger partial charge in [-0.05, 0) is 45.1 Å². The first kappa shape index (κ1) is 13.4. The first-order chi connectivity index (χ1) is 8.79. The minimum Gasteiger partial charge on any atom is -0.375 e. The SMILES string of the molecule is CNC1CCN(CCCN(C)c2ccccc2)C1. The van der Waals surface area contributed by atoms with E-state index in [2.05, 4.69) is 59.5 Å². The molecule has 1 aliphatic rings. The third-order valence-corrected chi connectivity index (χ3v) is 3.85. The van der Waals surface area contributed by atoms with Crippen LogP contribution < -0.4 is 10.2 Å². The maximum Gasteiger partial charge on any atom is 0.0363 e. The van der Waals surface area contributed by atoms with Crippen molar-refractivity contribution in [2.45, 2.75) is 18.9 Å². The number of likely N-dealkylation sites (N-methyl/N-ethyl adjacent to an activating group) is 1. The van der Waals surface area contributed by atoms with Crippen LogP contribution in [-0.2, 0) is 0 Å². The molecule has 3 nitrogen and oxygen atoms in total. The molecule has 2 rings (SSSR count). The molecule has 0 bridgehead atoms. The second-order valence-electron chi connectivity index (χ2n) is 5.19. The second-order valence-corrected chi connectivity index (χ2v) is 5.19. The van der Waals surface area contributed by atoms with Crippen molar-refractivity contribution in [1.82, 2.24) is 10.2 Å². The number of para-hydroxylation sites is 1. The fourth-order valence-electron chi connectivity index (χ4n) is 2.61. The Morgan fingerprint density at radius 1 is 1.33 bits per heavy atom. The Bertz CT molecular complexity index is 339. The van der Waals surface area contributed by atoms with Gasteiger partial charge >= 0.3 is 0 Å². The summed E-state index contributed by atoms with van der Waals surface area (Å²) in [5.74, 6) is 0. The van der Waals surface area contributed by atoms with Gasteiger partial charge in [-0.25, -0.2) is 0 Å². The third-order valence-electron chi connectivity index (χ3n) is 3.85. The molecular formula is C15H25N3. The second kappa shape index (κ2) is 6.76. The van der Waals surface area contributed by atoms with E-state index in [-0.39, 0.29) is 0 Å². The van der Waals surface area contributed by atoms with Crippen LogP contribution in [-0.4, -0.2) is 51.2 Å². The van der Waals surface area contributed by atoms with Gasteiger partial charge in [-0.1, -0.05) is 18.2 Å². The molecule has 1 unspecified atom stereocenters. The Kier molecular flexibility index (Phi) is 5.02. The van der Waals surface area contributed by atoms with E-state index in [1.165, 1.54) is 38.2 Å². The predicted octanol–water partition coefficient (Wildman–Crippen LogP) is 1.81. The van der Waals surface area contributed by atoms with Crippen molar-refractivity contribution in [2.75, 3.05) is 45.2 Å². The summed E-state index contributed by atoms with van der Waals surface area (Å²) in [6.07, 6.45) is 2.53. The minimum absolute atomic E-state index is 0.705. The van der Waals surface area contributed by atoms with Crippen molar-refractivity contribution >= 4 is 5.69 Å². The fraction of sp³-hybridized carbons (Fsp3) is 0.600. The van der Waals surface area contributed by atoms with E-state index >= 15 is 0 Å². The van der Waals surface area contributed by atoms with Gasteiger partial charge in [0.2, 0.25) is 0 Å². The van der Waals surface area contributed by atoms with Crippen LogP contribution in [0.1, 0.15) is 12.8 Å². The number of nitrogens with zero attached hydrogens (tertiary/aromatic N) is 2. The first-order valence-electron chi connectivity index (χ1n) is 6.95. The molecule has 0 aliphatic carbocycles. The molecule has 1 aromatic rings. The maximum atomic E-state index is 3.37. The molecule has 1 aromatic carbocycles. The maximum absolute atomic E-state index is 3.37. The fourth-order valence-corrected chi connectivity index (χ4v) is 2.61. The summed E-state index contributed by atoms with van der Waals surface area (Å²) in [4.78, 5) is 4.91. The highest BCUT2D eigenvalue weighted by molar-refractivity contribution is 5.44. The lowest BCUT2D eigenvalue weighted by Gasteiger charge is -2.21. The summed E-state index contributed by atoms with van der Waals surface area (Å²) in [6, 6.07) is 11.3. The lowest BCUT2D eigenvalue weighted by molar-refractivity contribution is 0.326. The molecular weight excluding hydrogens is 222 g/mol. The van der Waals surface area contributed by atoms with Gasteiger partial charge in [0.1, 0.15) is 0 Å². The quantitative estimate of drug-likeness (QED) is 0.827. The molecule has 0 spiro atoms. The van der Waals surface area contributed by atoms with Gasteiger partial charge in [0, 0.05) is 31.9 Å². The summed E-state index contributed by atoms with van der Waals surface area (Å²) in [7, 11) is 4.24. The van der Waals surface area contributed by atoms with Crippen LogP contribution >= 0.6 is 0 Å². The van der Waals surface area contributed by atoms with E-state index < -0.39 is 0 Å². The lowest BCUT2D eigenvalue weighted by Crippen LogP contribution is -2.31. The molecule has 18 heavy (non-hydrogen) atoms. The van der Waals surface area contributed by atoms with Crippen molar-refractivity contribution in [3.05, 3.63) is 30.3 Å². The van der Waals surface area contributed by atoms with Crippen LogP contribution in [0.5, 0.6) is 0 Å². The highest BCUT2D eigenvalue weighted by Gasteiger charge is 2.19. The van der Waals surface area contributed by atoms with Crippen molar-refractivity contribution in [2.24, 2.45) is 0 Å². The Balaban J connectivity index is 1.67. The van der Waals surface area contributed by atoms with Crippen molar-refractivity contribution in [1.29, 1.82) is 0 Å². The summed E-state index contributed by atoms with van der Waals surface area (Å²) in [5.41, 5.74) is 1.31. The average molecular weight is 247 g/mol. The largest absolute Gasteiger partial charge is 0.375 e. The Hall–Kier alpha value is -1.06. The number of anilines is 1. The van der Waals surface area contributed by atoms with Gasteiger partial charge in [0.25, 0.3) is 0 Å². The number of hydrogen-bond acceptors (Lipinski definition) is 3. The average Bonchev–Trinajstić information content (AvgIpc) is 2.87. The van der Waals surface area contributed by atoms with Gasteiger partial charge in [-0.2, -0.15) is 0 Å². The van der Waals surface area contributed by atoms with Crippen LogP contribution in [0.2, 0.25) is 0 Å². The smallest absolute Gasteiger partial charge is 0.0363 e. The molecule has 1 aliphatic heterocycles.